The highest BCUT2D eigenvalue weighted by molar-refractivity contribution is 9.10. The first-order valence-corrected chi connectivity index (χ1v) is 6.23. The SMILES string of the molecule is Cc1cccc(O)c1C(=O)Nc1ccccc1Br. The van der Waals surface area contributed by atoms with Gasteiger partial charge in [-0.05, 0) is 46.6 Å². The van der Waals surface area contributed by atoms with E-state index in [1.807, 2.05) is 18.2 Å². The zero-order valence-corrected chi connectivity index (χ0v) is 11.4. The van der Waals surface area contributed by atoms with E-state index in [2.05, 4.69) is 21.2 Å². The van der Waals surface area contributed by atoms with Gasteiger partial charge in [0.1, 0.15) is 5.75 Å². The van der Waals surface area contributed by atoms with Crippen LogP contribution in [0.2, 0.25) is 0 Å². The first-order chi connectivity index (χ1) is 8.59. The zero-order chi connectivity index (χ0) is 13.1. The summed E-state index contributed by atoms with van der Waals surface area (Å²) in [5.74, 6) is -0.336. The van der Waals surface area contributed by atoms with Gasteiger partial charge in [-0.15, -0.1) is 0 Å². The Morgan fingerprint density at radius 3 is 2.56 bits per heavy atom. The van der Waals surface area contributed by atoms with Gasteiger partial charge in [0.15, 0.2) is 0 Å². The molecule has 2 aromatic rings. The number of aromatic hydroxyl groups is 1. The molecule has 0 atom stereocenters. The third-order valence-corrected chi connectivity index (χ3v) is 3.29. The van der Waals surface area contributed by atoms with Gasteiger partial charge < -0.3 is 10.4 Å². The number of phenols is 1. The van der Waals surface area contributed by atoms with Gasteiger partial charge in [-0.2, -0.15) is 0 Å². The summed E-state index contributed by atoms with van der Waals surface area (Å²) in [5, 5.41) is 12.5. The van der Waals surface area contributed by atoms with E-state index in [1.54, 1.807) is 25.1 Å². The Morgan fingerprint density at radius 1 is 1.17 bits per heavy atom. The predicted molar refractivity (Wildman–Crippen MR) is 74.9 cm³/mol. The lowest BCUT2D eigenvalue weighted by Crippen LogP contribution is -2.13. The van der Waals surface area contributed by atoms with Crippen LogP contribution in [0.3, 0.4) is 0 Å². The number of anilines is 1. The summed E-state index contributed by atoms with van der Waals surface area (Å²) in [6.07, 6.45) is 0. The number of benzene rings is 2. The van der Waals surface area contributed by atoms with Crippen molar-refractivity contribution in [1.82, 2.24) is 0 Å². The van der Waals surface area contributed by atoms with Crippen molar-refractivity contribution >= 4 is 27.5 Å². The molecule has 0 unspecified atom stereocenters. The van der Waals surface area contributed by atoms with Gasteiger partial charge >= 0.3 is 0 Å². The number of nitrogens with one attached hydrogen (secondary N) is 1. The third-order valence-electron chi connectivity index (χ3n) is 2.60. The van der Waals surface area contributed by atoms with Gasteiger partial charge in [0.2, 0.25) is 0 Å². The third kappa shape index (κ3) is 2.54. The standard InChI is InChI=1S/C14H12BrNO2/c1-9-5-4-8-12(17)13(9)14(18)16-11-7-3-2-6-10(11)15/h2-8,17H,1H3,(H,16,18). The Labute approximate surface area is 114 Å². The van der Waals surface area contributed by atoms with E-state index < -0.39 is 0 Å². The molecule has 0 spiro atoms. The second-order valence-electron chi connectivity index (χ2n) is 3.90. The van der Waals surface area contributed by atoms with E-state index in [-0.39, 0.29) is 11.7 Å². The average Bonchev–Trinajstić information content (AvgIpc) is 2.32. The molecule has 18 heavy (non-hydrogen) atoms. The summed E-state index contributed by atoms with van der Waals surface area (Å²) in [5.41, 5.74) is 1.71. The minimum Gasteiger partial charge on any atom is -0.507 e. The number of carbonyl (C=O) groups is 1. The Morgan fingerprint density at radius 2 is 1.89 bits per heavy atom. The molecule has 0 heterocycles. The van der Waals surface area contributed by atoms with Crippen LogP contribution in [0.15, 0.2) is 46.9 Å². The number of halogens is 1. The summed E-state index contributed by atoms with van der Waals surface area (Å²) < 4.78 is 0.798. The van der Waals surface area contributed by atoms with Gasteiger partial charge in [0.25, 0.3) is 5.91 Å². The van der Waals surface area contributed by atoms with Crippen LogP contribution in [0.4, 0.5) is 5.69 Å². The van der Waals surface area contributed by atoms with Gasteiger partial charge in [0.05, 0.1) is 11.3 Å². The Hall–Kier alpha value is -1.81. The summed E-state index contributed by atoms with van der Waals surface area (Å²) in [4.78, 5) is 12.1. The molecule has 2 rings (SSSR count). The summed E-state index contributed by atoms with van der Waals surface area (Å²) >= 11 is 3.36. The van der Waals surface area contributed by atoms with Crippen molar-refractivity contribution in [3.05, 3.63) is 58.1 Å². The Bertz CT molecular complexity index is 576. The number of phenolic OH excluding ortho intramolecular Hbond substituents is 1. The fourth-order valence-corrected chi connectivity index (χ4v) is 2.08. The molecule has 0 aliphatic rings. The molecule has 3 nitrogen and oxygen atoms in total. The minimum absolute atomic E-state index is 0.0143. The van der Waals surface area contributed by atoms with Crippen LogP contribution in [-0.4, -0.2) is 11.0 Å². The molecule has 0 aromatic heterocycles. The molecule has 2 aromatic carbocycles. The number of rotatable bonds is 2. The van der Waals surface area contributed by atoms with E-state index in [4.69, 9.17) is 0 Å². The summed E-state index contributed by atoms with van der Waals surface area (Å²) in [6.45, 7) is 1.79. The van der Waals surface area contributed by atoms with Crippen molar-refractivity contribution in [1.29, 1.82) is 0 Å². The maximum Gasteiger partial charge on any atom is 0.259 e. The van der Waals surface area contributed by atoms with Crippen molar-refractivity contribution in [2.75, 3.05) is 5.32 Å². The fraction of sp³-hybridized carbons (Fsp3) is 0.0714. The highest BCUT2D eigenvalue weighted by Crippen LogP contribution is 2.25. The van der Waals surface area contributed by atoms with E-state index >= 15 is 0 Å². The van der Waals surface area contributed by atoms with Crippen LogP contribution in [0.25, 0.3) is 0 Å². The molecule has 0 saturated heterocycles. The van der Waals surface area contributed by atoms with Gasteiger partial charge in [-0.25, -0.2) is 0 Å². The molecule has 0 radical (unpaired) electrons. The van der Waals surface area contributed by atoms with Crippen molar-refractivity contribution in [3.63, 3.8) is 0 Å². The predicted octanol–water partition coefficient (Wildman–Crippen LogP) is 3.72. The normalized spacial score (nSPS) is 10.1. The molecule has 0 aliphatic carbocycles. The second kappa shape index (κ2) is 5.23. The topological polar surface area (TPSA) is 49.3 Å². The van der Waals surface area contributed by atoms with Crippen LogP contribution in [0, 0.1) is 6.92 Å². The molecule has 0 aliphatic heterocycles. The van der Waals surface area contributed by atoms with Crippen LogP contribution < -0.4 is 5.32 Å². The van der Waals surface area contributed by atoms with Gasteiger partial charge in [-0.1, -0.05) is 24.3 Å². The number of para-hydroxylation sites is 1. The summed E-state index contributed by atoms with van der Waals surface area (Å²) in [7, 11) is 0. The fourth-order valence-electron chi connectivity index (χ4n) is 1.70. The molecular weight excluding hydrogens is 294 g/mol. The number of hydrogen-bond acceptors (Lipinski definition) is 2. The maximum absolute atomic E-state index is 12.1. The molecule has 4 heteroatoms. The monoisotopic (exact) mass is 305 g/mol. The molecule has 0 fully saturated rings. The van der Waals surface area contributed by atoms with Crippen LogP contribution >= 0.6 is 15.9 Å². The number of aryl methyl sites for hydroxylation is 1. The van der Waals surface area contributed by atoms with Crippen molar-refractivity contribution in [2.24, 2.45) is 0 Å². The highest BCUT2D eigenvalue weighted by atomic mass is 79.9. The highest BCUT2D eigenvalue weighted by Gasteiger charge is 2.14. The number of hydrogen-bond donors (Lipinski definition) is 2. The zero-order valence-electron chi connectivity index (χ0n) is 9.77. The van der Waals surface area contributed by atoms with E-state index in [0.29, 0.717) is 11.3 Å². The van der Waals surface area contributed by atoms with Crippen LogP contribution in [-0.2, 0) is 0 Å². The first-order valence-electron chi connectivity index (χ1n) is 5.44. The maximum atomic E-state index is 12.1. The smallest absolute Gasteiger partial charge is 0.259 e. The van der Waals surface area contributed by atoms with E-state index in [9.17, 15) is 9.90 Å². The lowest BCUT2D eigenvalue weighted by Gasteiger charge is -2.10. The molecule has 0 bridgehead atoms. The van der Waals surface area contributed by atoms with E-state index in [1.165, 1.54) is 6.07 Å². The minimum atomic E-state index is -0.322. The van der Waals surface area contributed by atoms with Crippen LogP contribution in [0.5, 0.6) is 5.75 Å². The average molecular weight is 306 g/mol. The van der Waals surface area contributed by atoms with Crippen molar-refractivity contribution < 1.29 is 9.90 Å². The Kier molecular flexibility index (Phi) is 3.67. The van der Waals surface area contributed by atoms with Crippen molar-refractivity contribution in [2.45, 2.75) is 6.92 Å². The summed E-state index contributed by atoms with van der Waals surface area (Å²) in [6, 6.07) is 12.3. The van der Waals surface area contributed by atoms with E-state index in [0.717, 1.165) is 10.0 Å². The molecular formula is C14H12BrNO2. The van der Waals surface area contributed by atoms with Gasteiger partial charge in [0, 0.05) is 4.47 Å². The molecule has 1 amide bonds. The number of amides is 1. The molecule has 2 N–H and O–H groups in total. The van der Waals surface area contributed by atoms with Crippen LogP contribution in [0.1, 0.15) is 15.9 Å². The first kappa shape index (κ1) is 12.6. The lowest BCUT2D eigenvalue weighted by atomic mass is 10.1. The molecule has 0 saturated carbocycles. The Balaban J connectivity index is 2.31. The van der Waals surface area contributed by atoms with Gasteiger partial charge in [-0.3, -0.25) is 4.79 Å². The molecule has 92 valence electrons. The lowest BCUT2D eigenvalue weighted by molar-refractivity contribution is 0.102. The number of carbonyl (C=O) groups excluding carboxylic acids is 1. The second-order valence-corrected chi connectivity index (χ2v) is 4.76. The quantitative estimate of drug-likeness (QED) is 0.888. The largest absolute Gasteiger partial charge is 0.507 e. The van der Waals surface area contributed by atoms with Crippen molar-refractivity contribution in [3.8, 4) is 5.75 Å².